The third-order valence-electron chi connectivity index (χ3n) is 5.76. The fourth-order valence-corrected chi connectivity index (χ4v) is 4.22. The summed E-state index contributed by atoms with van der Waals surface area (Å²) in [4.78, 5) is 26.4. The van der Waals surface area contributed by atoms with E-state index in [1.807, 2.05) is 31.2 Å². The second-order valence-corrected chi connectivity index (χ2v) is 8.48. The SMILES string of the molecule is Cc1ccccc1-c1nnc(-c2ccc(C(=O)Nc3ccc(N4CCCC4=O)c(Cl)c3)cc2)o1. The molecule has 4 aromatic rings. The Hall–Kier alpha value is -3.97. The van der Waals surface area contributed by atoms with Gasteiger partial charge in [-0.25, -0.2) is 0 Å². The Balaban J connectivity index is 1.29. The number of carbonyl (C=O) groups excluding carboxylic acids is 2. The highest BCUT2D eigenvalue weighted by atomic mass is 35.5. The maximum absolute atomic E-state index is 12.7. The van der Waals surface area contributed by atoms with E-state index in [0.717, 1.165) is 17.5 Å². The molecule has 0 atom stereocenters. The molecule has 0 saturated carbocycles. The van der Waals surface area contributed by atoms with Crippen molar-refractivity contribution in [1.82, 2.24) is 10.2 Å². The molecular formula is C26H21ClN4O3. The third kappa shape index (κ3) is 4.30. The van der Waals surface area contributed by atoms with E-state index in [9.17, 15) is 9.59 Å². The van der Waals surface area contributed by atoms with Crippen molar-refractivity contribution in [3.8, 4) is 22.9 Å². The number of carbonyl (C=O) groups is 2. The van der Waals surface area contributed by atoms with Gasteiger partial charge in [-0.3, -0.25) is 9.59 Å². The molecule has 0 spiro atoms. The van der Waals surface area contributed by atoms with Gasteiger partial charge in [-0.15, -0.1) is 10.2 Å². The molecule has 2 amide bonds. The fourth-order valence-electron chi connectivity index (χ4n) is 3.94. The Morgan fingerprint density at radius 3 is 2.50 bits per heavy atom. The Morgan fingerprint density at radius 2 is 1.79 bits per heavy atom. The number of nitrogens with one attached hydrogen (secondary N) is 1. The van der Waals surface area contributed by atoms with Crippen molar-refractivity contribution in [3.63, 3.8) is 0 Å². The number of halogens is 1. The quantitative estimate of drug-likeness (QED) is 0.400. The second kappa shape index (κ2) is 9.11. The van der Waals surface area contributed by atoms with Crippen LogP contribution in [0, 0.1) is 6.92 Å². The monoisotopic (exact) mass is 472 g/mol. The van der Waals surface area contributed by atoms with Gasteiger partial charge in [0.25, 0.3) is 5.91 Å². The van der Waals surface area contributed by atoms with Gasteiger partial charge >= 0.3 is 0 Å². The Bertz CT molecular complexity index is 1380. The summed E-state index contributed by atoms with van der Waals surface area (Å²) in [6.07, 6.45) is 1.35. The van der Waals surface area contributed by atoms with E-state index in [1.165, 1.54) is 0 Å². The largest absolute Gasteiger partial charge is 0.416 e. The van der Waals surface area contributed by atoms with Crippen molar-refractivity contribution in [2.45, 2.75) is 19.8 Å². The average Bonchev–Trinajstić information content (AvgIpc) is 3.49. The van der Waals surface area contributed by atoms with Crippen LogP contribution in [0.3, 0.4) is 0 Å². The number of benzene rings is 3. The first-order valence-electron chi connectivity index (χ1n) is 10.9. The zero-order valence-electron chi connectivity index (χ0n) is 18.4. The highest BCUT2D eigenvalue weighted by Crippen LogP contribution is 2.32. The highest BCUT2D eigenvalue weighted by molar-refractivity contribution is 6.34. The minimum absolute atomic E-state index is 0.0612. The summed E-state index contributed by atoms with van der Waals surface area (Å²) in [6, 6.07) is 19.9. The normalized spacial score (nSPS) is 13.4. The van der Waals surface area contributed by atoms with Gasteiger partial charge in [-0.2, -0.15) is 0 Å². The van der Waals surface area contributed by atoms with E-state index in [4.69, 9.17) is 16.0 Å². The molecule has 34 heavy (non-hydrogen) atoms. The average molecular weight is 473 g/mol. The van der Waals surface area contributed by atoms with E-state index < -0.39 is 0 Å². The van der Waals surface area contributed by atoms with E-state index in [0.29, 0.717) is 52.3 Å². The van der Waals surface area contributed by atoms with Gasteiger partial charge in [-0.1, -0.05) is 29.8 Å². The van der Waals surface area contributed by atoms with Crippen molar-refractivity contribution in [2.24, 2.45) is 0 Å². The predicted molar refractivity (Wildman–Crippen MR) is 131 cm³/mol. The minimum Gasteiger partial charge on any atom is -0.416 e. The number of hydrogen-bond acceptors (Lipinski definition) is 5. The molecule has 8 heteroatoms. The first kappa shape index (κ1) is 21.9. The first-order chi connectivity index (χ1) is 16.5. The molecule has 7 nitrogen and oxygen atoms in total. The molecule has 1 saturated heterocycles. The molecule has 1 aromatic heterocycles. The van der Waals surface area contributed by atoms with Gasteiger partial charge in [0.05, 0.1) is 10.7 Å². The van der Waals surface area contributed by atoms with Gasteiger partial charge in [0, 0.05) is 35.3 Å². The number of rotatable bonds is 5. The van der Waals surface area contributed by atoms with Crippen LogP contribution < -0.4 is 10.2 Å². The summed E-state index contributed by atoms with van der Waals surface area (Å²) in [5.41, 5.74) is 4.33. The number of amides is 2. The smallest absolute Gasteiger partial charge is 0.255 e. The molecule has 1 N–H and O–H groups in total. The predicted octanol–water partition coefficient (Wildman–Crippen LogP) is 5.74. The molecule has 0 radical (unpaired) electrons. The van der Waals surface area contributed by atoms with Gasteiger partial charge < -0.3 is 14.6 Å². The molecule has 5 rings (SSSR count). The summed E-state index contributed by atoms with van der Waals surface area (Å²) >= 11 is 6.38. The van der Waals surface area contributed by atoms with Gasteiger partial charge in [-0.05, 0) is 67.4 Å². The van der Waals surface area contributed by atoms with Crippen LogP contribution in [0.2, 0.25) is 5.02 Å². The number of anilines is 2. The Kier molecular flexibility index (Phi) is 5.86. The van der Waals surface area contributed by atoms with Gasteiger partial charge in [0.1, 0.15) is 0 Å². The lowest BCUT2D eigenvalue weighted by molar-refractivity contribution is -0.117. The van der Waals surface area contributed by atoms with Crippen LogP contribution >= 0.6 is 11.6 Å². The summed E-state index contributed by atoms with van der Waals surface area (Å²) in [5.74, 6) is 0.611. The van der Waals surface area contributed by atoms with Crippen LogP contribution in [0.5, 0.6) is 0 Å². The molecule has 3 aromatic carbocycles. The summed E-state index contributed by atoms with van der Waals surface area (Å²) in [6.45, 7) is 2.64. The number of hydrogen-bond donors (Lipinski definition) is 1. The van der Waals surface area contributed by atoms with Crippen LogP contribution in [0.1, 0.15) is 28.8 Å². The summed E-state index contributed by atoms with van der Waals surface area (Å²) < 4.78 is 5.84. The molecule has 2 heterocycles. The third-order valence-corrected chi connectivity index (χ3v) is 6.07. The minimum atomic E-state index is -0.279. The number of aromatic nitrogens is 2. The van der Waals surface area contributed by atoms with Gasteiger partial charge in [0.2, 0.25) is 17.7 Å². The number of aryl methyl sites for hydroxylation is 1. The molecule has 1 aliphatic heterocycles. The molecular weight excluding hydrogens is 452 g/mol. The summed E-state index contributed by atoms with van der Waals surface area (Å²) in [5, 5.41) is 11.6. The van der Waals surface area contributed by atoms with Crippen LogP contribution in [-0.4, -0.2) is 28.6 Å². The lowest BCUT2D eigenvalue weighted by atomic mass is 10.1. The highest BCUT2D eigenvalue weighted by Gasteiger charge is 2.23. The van der Waals surface area contributed by atoms with Crippen LogP contribution in [-0.2, 0) is 4.79 Å². The standard InChI is InChI=1S/C26H21ClN4O3/c1-16-5-2-3-6-20(16)26-30-29-25(34-26)18-10-8-17(9-11-18)24(33)28-19-12-13-22(21(27)15-19)31-14-4-7-23(31)32/h2-3,5-6,8-13,15H,4,7,14H2,1H3,(H,28,33). The first-order valence-corrected chi connectivity index (χ1v) is 11.3. The van der Waals surface area contributed by atoms with E-state index in [2.05, 4.69) is 15.5 Å². The molecule has 170 valence electrons. The van der Waals surface area contributed by atoms with Crippen LogP contribution in [0.15, 0.2) is 71.1 Å². The van der Waals surface area contributed by atoms with Crippen molar-refractivity contribution < 1.29 is 14.0 Å². The molecule has 0 aliphatic carbocycles. The topological polar surface area (TPSA) is 88.3 Å². The second-order valence-electron chi connectivity index (χ2n) is 8.07. The Morgan fingerprint density at radius 1 is 1.03 bits per heavy atom. The van der Waals surface area contributed by atoms with Crippen molar-refractivity contribution in [2.75, 3.05) is 16.8 Å². The van der Waals surface area contributed by atoms with Crippen LogP contribution in [0.4, 0.5) is 11.4 Å². The maximum atomic E-state index is 12.7. The molecule has 1 fully saturated rings. The van der Waals surface area contributed by atoms with Crippen LogP contribution in [0.25, 0.3) is 22.9 Å². The van der Waals surface area contributed by atoms with E-state index >= 15 is 0 Å². The Labute approximate surface area is 201 Å². The zero-order valence-corrected chi connectivity index (χ0v) is 19.2. The molecule has 0 unspecified atom stereocenters. The van der Waals surface area contributed by atoms with E-state index in [-0.39, 0.29) is 11.8 Å². The lowest BCUT2D eigenvalue weighted by Crippen LogP contribution is -2.24. The van der Waals surface area contributed by atoms with E-state index in [1.54, 1.807) is 47.4 Å². The van der Waals surface area contributed by atoms with Gasteiger partial charge in [0.15, 0.2) is 0 Å². The zero-order chi connectivity index (χ0) is 23.7. The van der Waals surface area contributed by atoms with Crippen molar-refractivity contribution >= 4 is 34.8 Å². The maximum Gasteiger partial charge on any atom is 0.255 e. The number of nitrogens with zero attached hydrogens (tertiary/aromatic N) is 3. The van der Waals surface area contributed by atoms with Crippen molar-refractivity contribution in [3.05, 3.63) is 82.9 Å². The fraction of sp³-hybridized carbons (Fsp3) is 0.154. The molecule has 1 aliphatic rings. The summed E-state index contributed by atoms with van der Waals surface area (Å²) in [7, 11) is 0. The lowest BCUT2D eigenvalue weighted by Gasteiger charge is -2.18. The molecule has 0 bridgehead atoms. The van der Waals surface area contributed by atoms with Crippen molar-refractivity contribution in [1.29, 1.82) is 0 Å².